The van der Waals surface area contributed by atoms with Crippen LogP contribution >= 0.6 is 11.3 Å². The molecule has 6 N–H and O–H groups in total. The second-order valence-electron chi connectivity index (χ2n) is 13.3. The summed E-state index contributed by atoms with van der Waals surface area (Å²) in [5.74, 6) is 0.720. The highest BCUT2D eigenvalue weighted by atomic mass is 32.1. The average molecular weight is 812 g/mol. The van der Waals surface area contributed by atoms with Crippen molar-refractivity contribution >= 4 is 59.5 Å². The molecule has 3 aromatic heterocycles. The Labute approximate surface area is 337 Å². The zero-order chi connectivity index (χ0) is 40.7. The van der Waals surface area contributed by atoms with Crippen molar-refractivity contribution in [2.24, 2.45) is 4.99 Å². The molecule has 0 saturated heterocycles. The van der Waals surface area contributed by atoms with Gasteiger partial charge < -0.3 is 45.0 Å². The summed E-state index contributed by atoms with van der Waals surface area (Å²) >= 11 is 1.41. The van der Waals surface area contributed by atoms with Crippen LogP contribution in [0, 0.1) is 0 Å². The van der Waals surface area contributed by atoms with Crippen molar-refractivity contribution in [3.63, 3.8) is 0 Å². The number of halogens is 2. The number of unbranched alkanes of at least 4 members (excludes halogenated alkanes) is 2. The predicted octanol–water partition coefficient (Wildman–Crippen LogP) is 5.42. The number of hydrogen-bond donors (Lipinski definition) is 6. The molecule has 0 aliphatic carbocycles. The van der Waals surface area contributed by atoms with Crippen LogP contribution in [0.2, 0.25) is 0 Å². The molecule has 58 heavy (non-hydrogen) atoms. The number of aliphatic imine (C=N–C) groups is 1. The summed E-state index contributed by atoms with van der Waals surface area (Å²) in [6, 6.07) is 19.5. The molecule has 302 valence electrons. The summed E-state index contributed by atoms with van der Waals surface area (Å²) in [6.45, 7) is 1.57. The largest absolute Gasteiger partial charge is 0.678 e. The smallest absolute Gasteiger partial charge is 0.489 e. The number of aliphatic hydroxyl groups is 1. The summed E-state index contributed by atoms with van der Waals surface area (Å²) in [5.41, 5.74) is 3.84. The summed E-state index contributed by atoms with van der Waals surface area (Å²) in [5, 5.41) is 20.8. The van der Waals surface area contributed by atoms with E-state index < -0.39 is 13.5 Å². The molecule has 5 aromatic rings. The number of carbonyl (C=O) groups excluding carboxylic acids is 2. The predicted molar refractivity (Wildman–Crippen MR) is 224 cm³/mol. The van der Waals surface area contributed by atoms with E-state index in [2.05, 4.69) is 30.9 Å². The number of H-pyrrole nitrogens is 2. The molecule has 0 bridgehead atoms. The number of nitrogens with zero attached hydrogens (tertiary/aromatic N) is 2. The molecular weight excluding hydrogens is 767 g/mol. The molecular formula is C41H44BF2N7O6S. The van der Waals surface area contributed by atoms with Crippen LogP contribution in [0.3, 0.4) is 0 Å². The van der Waals surface area contributed by atoms with Crippen LogP contribution in [0.4, 0.5) is 8.63 Å². The molecule has 0 spiro atoms. The van der Waals surface area contributed by atoms with E-state index >= 15 is 0 Å². The number of aliphatic hydroxyl groups excluding tert-OH is 1. The van der Waals surface area contributed by atoms with E-state index in [9.17, 15) is 28.1 Å². The maximum absolute atomic E-state index is 13.9. The molecule has 13 nitrogen and oxygen atoms in total. The van der Waals surface area contributed by atoms with Crippen molar-refractivity contribution in [3.8, 4) is 22.1 Å². The van der Waals surface area contributed by atoms with Crippen LogP contribution in [0.15, 0.2) is 106 Å². The quantitative estimate of drug-likeness (QED) is 0.0400. The third-order valence-corrected chi connectivity index (χ3v) is 9.84. The number of ether oxygens (including phenoxy) is 2. The molecule has 0 fully saturated rings. The normalized spacial score (nSPS) is 13.6. The Kier molecular flexibility index (Phi) is 15.0. The number of carbonyl (C=O) groups is 2. The highest BCUT2D eigenvalue weighted by Crippen LogP contribution is 2.29. The van der Waals surface area contributed by atoms with E-state index in [0.29, 0.717) is 77.8 Å². The number of imidazole rings is 1. The number of benzene rings is 2. The minimum Gasteiger partial charge on any atom is -0.489 e. The molecule has 0 saturated carbocycles. The van der Waals surface area contributed by atoms with Gasteiger partial charge in [0.1, 0.15) is 29.7 Å². The van der Waals surface area contributed by atoms with Gasteiger partial charge in [-0.3, -0.25) is 18.2 Å². The minimum absolute atomic E-state index is 0.0379. The molecule has 2 aromatic carbocycles. The van der Waals surface area contributed by atoms with Gasteiger partial charge in [0.2, 0.25) is 5.91 Å². The highest BCUT2D eigenvalue weighted by molar-refractivity contribution is 7.13. The topological polar surface area (TPSA) is 175 Å². The molecule has 0 radical (unpaired) electrons. The van der Waals surface area contributed by atoms with Crippen molar-refractivity contribution < 1.29 is 32.8 Å². The number of thiophene rings is 1. The van der Waals surface area contributed by atoms with Crippen LogP contribution in [-0.2, 0) is 9.59 Å². The fourth-order valence-electron chi connectivity index (χ4n) is 6.06. The van der Waals surface area contributed by atoms with Crippen molar-refractivity contribution in [3.05, 3.63) is 118 Å². The van der Waals surface area contributed by atoms with Gasteiger partial charge in [-0.05, 0) is 90.6 Å². The fraction of sp³-hybridized carbons (Fsp3) is 0.268. The number of aromatic nitrogens is 3. The number of allylic oxidation sites excluding steroid dienone is 3. The van der Waals surface area contributed by atoms with Crippen molar-refractivity contribution in [2.45, 2.75) is 31.8 Å². The zero-order valence-electron chi connectivity index (χ0n) is 31.6. The first kappa shape index (κ1) is 41.6. The summed E-state index contributed by atoms with van der Waals surface area (Å²) < 4.78 is 40.1. The van der Waals surface area contributed by atoms with Crippen LogP contribution < -0.4 is 31.1 Å². The van der Waals surface area contributed by atoms with E-state index in [1.54, 1.807) is 54.6 Å². The molecule has 2 amide bonds. The van der Waals surface area contributed by atoms with Crippen LogP contribution in [0.5, 0.6) is 11.5 Å². The van der Waals surface area contributed by atoms with Gasteiger partial charge in [0.05, 0.1) is 22.6 Å². The van der Waals surface area contributed by atoms with Crippen LogP contribution in [0.1, 0.15) is 36.9 Å². The number of fused-ring (bicyclic) bond motifs is 1. The Morgan fingerprint density at radius 2 is 1.76 bits per heavy atom. The molecule has 1 aliphatic rings. The Bertz CT molecular complexity index is 2320. The number of para-hydroxylation sites is 1. The van der Waals surface area contributed by atoms with E-state index in [1.165, 1.54) is 11.3 Å². The molecule has 4 heterocycles. The number of rotatable bonds is 22. The minimum atomic E-state index is -2.68. The Hall–Kier alpha value is -6.04. The van der Waals surface area contributed by atoms with Crippen molar-refractivity contribution in [1.29, 1.82) is 0 Å². The third-order valence-electron chi connectivity index (χ3n) is 8.94. The standard InChI is InChI=1S/C41H44BF2N7O6S/c43-42(44)51-31(16-19-35(51)37-8-5-23-58-37)24-30-15-14-29(48-30)13-10-28-11-17-33(18-12-28)56-27-39(54)46-20-3-1-2-9-38(53)47-22-21-45-25-32(52)26-57-36-7-4-6-34-40(36)50-41(55)49-34/h4-8,10-19,23-24,32,45,52H,1-3,9,20-22,25-27H2,(H,46,54)(H,47,53)(H2,49,50,55)/b13-10+,30-24-/t32-/m1/s1. The lowest BCUT2D eigenvalue weighted by atomic mass is 10.2. The monoisotopic (exact) mass is 811 g/mol. The first-order chi connectivity index (χ1) is 28.2. The van der Waals surface area contributed by atoms with E-state index in [0.717, 1.165) is 27.8 Å². The van der Waals surface area contributed by atoms with Crippen LogP contribution in [-0.4, -0.2) is 90.0 Å². The fourth-order valence-corrected chi connectivity index (χ4v) is 6.81. The van der Waals surface area contributed by atoms with Gasteiger partial charge in [-0.2, -0.15) is 0 Å². The second-order valence-corrected chi connectivity index (χ2v) is 14.3. The Balaban J connectivity index is 0.789. The van der Waals surface area contributed by atoms with E-state index in [4.69, 9.17) is 9.47 Å². The maximum atomic E-state index is 13.9. The third kappa shape index (κ3) is 12.2. The van der Waals surface area contributed by atoms with Crippen molar-refractivity contribution in [1.82, 2.24) is 30.4 Å². The van der Waals surface area contributed by atoms with Gasteiger partial charge in [-0.1, -0.05) is 36.8 Å². The van der Waals surface area contributed by atoms with Gasteiger partial charge in [-0.15, -0.1) is 11.3 Å². The van der Waals surface area contributed by atoms with E-state index in [-0.39, 0.29) is 37.3 Å². The number of nitrogens with one attached hydrogen (secondary N) is 5. The molecule has 0 unspecified atom stereocenters. The first-order valence-electron chi connectivity index (χ1n) is 18.9. The van der Waals surface area contributed by atoms with Gasteiger partial charge in [0, 0.05) is 43.2 Å². The lowest BCUT2D eigenvalue weighted by Gasteiger charge is -2.14. The molecule has 1 aliphatic heterocycles. The Morgan fingerprint density at radius 3 is 2.57 bits per heavy atom. The number of amides is 2. The summed E-state index contributed by atoms with van der Waals surface area (Å²) in [4.78, 5) is 46.6. The highest BCUT2D eigenvalue weighted by Gasteiger charge is 2.24. The maximum Gasteiger partial charge on any atom is 0.678 e. The SMILES string of the molecule is O=C(CCCCCNC(=O)COc1ccc(/C=C/C2=NC(=C\c3ccc(-c4cccs4)n3B(F)F)/C=C2)cc1)NCCNC[C@@H](O)COc1cccc2[nH]c(=O)[nH]c12. The second kappa shape index (κ2) is 20.9. The molecule has 6 rings (SSSR count). The summed E-state index contributed by atoms with van der Waals surface area (Å²) in [6.07, 6.45) is 10.8. The zero-order valence-corrected chi connectivity index (χ0v) is 32.4. The van der Waals surface area contributed by atoms with Crippen molar-refractivity contribution in [2.75, 3.05) is 39.4 Å². The molecule has 17 heteroatoms. The van der Waals surface area contributed by atoms with Gasteiger partial charge in [0.25, 0.3) is 5.91 Å². The lowest BCUT2D eigenvalue weighted by molar-refractivity contribution is -0.123. The number of aromatic amines is 2. The molecule has 1 atom stereocenters. The lowest BCUT2D eigenvalue weighted by Crippen LogP contribution is -2.37. The van der Waals surface area contributed by atoms with E-state index in [1.807, 2.05) is 47.9 Å². The van der Waals surface area contributed by atoms with Gasteiger partial charge >= 0.3 is 13.1 Å². The average Bonchev–Trinajstić information content (AvgIpc) is 4.05. The Morgan fingerprint density at radius 1 is 0.914 bits per heavy atom. The van der Waals surface area contributed by atoms with Gasteiger partial charge in [0.15, 0.2) is 6.61 Å². The van der Waals surface area contributed by atoms with Crippen LogP contribution in [0.25, 0.3) is 33.8 Å². The first-order valence-corrected chi connectivity index (χ1v) is 19.8. The number of hydrogen-bond acceptors (Lipinski definition) is 9. The van der Waals surface area contributed by atoms with Gasteiger partial charge in [-0.25, -0.2) is 9.79 Å². The summed E-state index contributed by atoms with van der Waals surface area (Å²) in [7, 11) is -2.68.